The second kappa shape index (κ2) is 11.0. The van der Waals surface area contributed by atoms with Gasteiger partial charge in [0.2, 0.25) is 5.88 Å². The Kier molecular flexibility index (Phi) is 7.67. The molecule has 0 saturated carbocycles. The zero-order valence-electron chi connectivity index (χ0n) is 20.4. The van der Waals surface area contributed by atoms with E-state index in [1.807, 2.05) is 0 Å². The molecule has 2 aromatic heterocycles. The molecule has 1 aliphatic rings. The van der Waals surface area contributed by atoms with E-state index in [9.17, 15) is 22.8 Å². The SMILES string of the molecule is COc1cc2c(c(Oc3ccncn3)c1)CN(C(=O)c1c(Sc3c(Cl)cccc3Cl)cc(C(F)(F)F)[nH]c1=O)C2. The summed E-state index contributed by atoms with van der Waals surface area (Å²) in [6.07, 6.45) is -2.05. The number of nitrogens with one attached hydrogen (secondary N) is 1. The molecule has 1 amide bonds. The Morgan fingerprint density at radius 1 is 1.12 bits per heavy atom. The predicted molar refractivity (Wildman–Crippen MR) is 141 cm³/mol. The molecule has 0 bridgehead atoms. The molecule has 0 radical (unpaired) electrons. The third-order valence-electron chi connectivity index (χ3n) is 5.92. The van der Waals surface area contributed by atoms with E-state index in [4.69, 9.17) is 32.7 Å². The first kappa shape index (κ1) is 27.8. The number of amides is 1. The zero-order chi connectivity index (χ0) is 28.6. The average molecular weight is 609 g/mol. The molecular formula is C26H17Cl2F3N4O4S. The quantitative estimate of drug-likeness (QED) is 0.263. The van der Waals surface area contributed by atoms with Crippen molar-refractivity contribution in [3.63, 3.8) is 0 Å². The number of rotatable bonds is 6. The Morgan fingerprint density at radius 2 is 1.88 bits per heavy atom. The van der Waals surface area contributed by atoms with Crippen LogP contribution in [0.2, 0.25) is 10.0 Å². The smallest absolute Gasteiger partial charge is 0.431 e. The molecule has 0 spiro atoms. The summed E-state index contributed by atoms with van der Waals surface area (Å²) in [4.78, 5) is 37.7. The molecule has 0 unspecified atom stereocenters. The van der Waals surface area contributed by atoms with Crippen molar-refractivity contribution in [1.82, 2.24) is 19.9 Å². The summed E-state index contributed by atoms with van der Waals surface area (Å²) in [7, 11) is 1.47. The highest BCUT2D eigenvalue weighted by Gasteiger charge is 2.36. The number of benzene rings is 2. The molecule has 5 rings (SSSR count). The van der Waals surface area contributed by atoms with Gasteiger partial charge >= 0.3 is 6.18 Å². The van der Waals surface area contributed by atoms with Crippen LogP contribution in [0, 0.1) is 0 Å². The third kappa shape index (κ3) is 5.60. The van der Waals surface area contributed by atoms with Crippen molar-refractivity contribution in [1.29, 1.82) is 0 Å². The molecule has 40 heavy (non-hydrogen) atoms. The Bertz CT molecular complexity index is 1650. The lowest BCUT2D eigenvalue weighted by Crippen LogP contribution is -2.32. The van der Waals surface area contributed by atoms with Crippen LogP contribution in [0.4, 0.5) is 13.2 Å². The average Bonchev–Trinajstić information content (AvgIpc) is 3.35. The fourth-order valence-corrected chi connectivity index (χ4v) is 5.71. The first-order chi connectivity index (χ1) is 19.0. The summed E-state index contributed by atoms with van der Waals surface area (Å²) >= 11 is 13.2. The second-order valence-electron chi connectivity index (χ2n) is 8.48. The highest BCUT2D eigenvalue weighted by Crippen LogP contribution is 2.42. The maximum atomic E-state index is 13.8. The number of halogens is 5. The van der Waals surface area contributed by atoms with E-state index >= 15 is 0 Å². The summed E-state index contributed by atoms with van der Waals surface area (Å²) < 4.78 is 52.0. The van der Waals surface area contributed by atoms with Crippen molar-refractivity contribution in [3.05, 3.63) is 97.8 Å². The summed E-state index contributed by atoms with van der Waals surface area (Å²) in [5.41, 5.74) is -1.69. The lowest BCUT2D eigenvalue weighted by molar-refractivity contribution is -0.141. The number of aromatic nitrogens is 3. The van der Waals surface area contributed by atoms with Crippen molar-refractivity contribution in [2.24, 2.45) is 0 Å². The largest absolute Gasteiger partial charge is 0.497 e. The van der Waals surface area contributed by atoms with Gasteiger partial charge in [-0.1, -0.05) is 41.0 Å². The van der Waals surface area contributed by atoms with Gasteiger partial charge in [0, 0.05) is 40.2 Å². The van der Waals surface area contributed by atoms with Crippen molar-refractivity contribution in [2.45, 2.75) is 29.1 Å². The second-order valence-corrected chi connectivity index (χ2v) is 10.3. The molecule has 0 atom stereocenters. The fourth-order valence-electron chi connectivity index (χ4n) is 4.07. The summed E-state index contributed by atoms with van der Waals surface area (Å²) in [6.45, 7) is 0.0545. The zero-order valence-corrected chi connectivity index (χ0v) is 22.7. The number of hydrogen-bond acceptors (Lipinski definition) is 7. The Morgan fingerprint density at radius 3 is 2.52 bits per heavy atom. The van der Waals surface area contributed by atoms with Gasteiger partial charge in [0.15, 0.2) is 0 Å². The van der Waals surface area contributed by atoms with Crippen LogP contribution < -0.4 is 15.0 Å². The first-order valence-corrected chi connectivity index (χ1v) is 13.0. The number of carbonyl (C=O) groups is 1. The van der Waals surface area contributed by atoms with Gasteiger partial charge in [0.05, 0.1) is 23.7 Å². The number of carbonyl (C=O) groups excluding carboxylic acids is 1. The van der Waals surface area contributed by atoms with Gasteiger partial charge in [-0.3, -0.25) is 9.59 Å². The Labute approximate surface area is 239 Å². The molecule has 14 heteroatoms. The van der Waals surface area contributed by atoms with Crippen LogP contribution in [0.3, 0.4) is 0 Å². The van der Waals surface area contributed by atoms with Crippen LogP contribution in [-0.2, 0) is 19.3 Å². The number of alkyl halides is 3. The van der Waals surface area contributed by atoms with E-state index in [-0.39, 0.29) is 38.8 Å². The monoisotopic (exact) mass is 608 g/mol. The number of H-pyrrole nitrogens is 1. The minimum absolute atomic E-state index is 0.00992. The number of nitrogens with zero attached hydrogens (tertiary/aromatic N) is 3. The van der Waals surface area contributed by atoms with Crippen LogP contribution in [0.1, 0.15) is 27.2 Å². The molecule has 0 fully saturated rings. The predicted octanol–water partition coefficient (Wildman–Crippen LogP) is 6.60. The minimum Gasteiger partial charge on any atom is -0.497 e. The highest BCUT2D eigenvalue weighted by molar-refractivity contribution is 7.99. The highest BCUT2D eigenvalue weighted by atomic mass is 35.5. The van der Waals surface area contributed by atoms with E-state index in [1.54, 1.807) is 29.2 Å². The number of methoxy groups -OCH3 is 1. The molecular weight excluding hydrogens is 592 g/mol. The molecule has 1 N–H and O–H groups in total. The van der Waals surface area contributed by atoms with Crippen LogP contribution in [0.5, 0.6) is 17.4 Å². The lowest BCUT2D eigenvalue weighted by atomic mass is 10.1. The number of hydrogen-bond donors (Lipinski definition) is 1. The summed E-state index contributed by atoms with van der Waals surface area (Å²) in [5, 5.41) is 0.300. The van der Waals surface area contributed by atoms with E-state index < -0.39 is 28.9 Å². The van der Waals surface area contributed by atoms with Gasteiger partial charge in [-0.05, 0) is 29.8 Å². The molecule has 0 saturated heterocycles. The topological polar surface area (TPSA) is 97.4 Å². The van der Waals surface area contributed by atoms with Gasteiger partial charge in [0.1, 0.15) is 29.1 Å². The van der Waals surface area contributed by atoms with Gasteiger partial charge in [-0.2, -0.15) is 13.2 Å². The number of ether oxygens (including phenoxy) is 2. The van der Waals surface area contributed by atoms with E-state index in [0.29, 0.717) is 40.5 Å². The van der Waals surface area contributed by atoms with Crippen molar-refractivity contribution in [3.8, 4) is 17.4 Å². The third-order valence-corrected chi connectivity index (χ3v) is 7.96. The molecule has 0 aliphatic carbocycles. The van der Waals surface area contributed by atoms with Crippen molar-refractivity contribution < 1.29 is 27.4 Å². The molecule has 8 nitrogen and oxygen atoms in total. The van der Waals surface area contributed by atoms with E-state index in [2.05, 4.69) is 9.97 Å². The van der Waals surface area contributed by atoms with Crippen molar-refractivity contribution >= 4 is 40.9 Å². The first-order valence-electron chi connectivity index (χ1n) is 11.4. The Balaban J connectivity index is 1.54. The standard InChI is InChI=1S/C26H17Cl2F3N4O4S/c1-38-14-7-13-10-35(11-15(13)18(8-14)39-21-5-6-32-12-33-21)25(37)22-19(9-20(26(29,30)31)34-24(22)36)40-23-16(27)3-2-4-17(23)28/h2-9,12H,10-11H2,1H3,(H,34,36). The van der Waals surface area contributed by atoms with Gasteiger partial charge in [-0.25, -0.2) is 9.97 Å². The van der Waals surface area contributed by atoms with E-state index in [1.165, 1.54) is 36.7 Å². The molecule has 206 valence electrons. The van der Waals surface area contributed by atoms with Gasteiger partial charge in [-0.15, -0.1) is 0 Å². The number of aromatic amines is 1. The van der Waals surface area contributed by atoms with Gasteiger partial charge < -0.3 is 19.4 Å². The van der Waals surface area contributed by atoms with Crippen molar-refractivity contribution in [2.75, 3.05) is 7.11 Å². The maximum Gasteiger partial charge on any atom is 0.431 e. The molecule has 2 aromatic carbocycles. The molecule has 3 heterocycles. The van der Waals surface area contributed by atoms with Crippen LogP contribution >= 0.6 is 35.0 Å². The normalized spacial score (nSPS) is 12.8. The summed E-state index contributed by atoms with van der Waals surface area (Å²) in [5.74, 6) is 0.282. The number of pyridine rings is 1. The minimum atomic E-state index is -4.87. The van der Waals surface area contributed by atoms with Gasteiger partial charge in [0.25, 0.3) is 11.5 Å². The van der Waals surface area contributed by atoms with E-state index in [0.717, 1.165) is 0 Å². The molecule has 1 aliphatic heterocycles. The lowest BCUT2D eigenvalue weighted by Gasteiger charge is -2.19. The molecule has 4 aromatic rings. The van der Waals surface area contributed by atoms with Crippen LogP contribution in [-0.4, -0.2) is 32.9 Å². The summed E-state index contributed by atoms with van der Waals surface area (Å²) in [6, 6.07) is 10.2. The van der Waals surface area contributed by atoms with Crippen LogP contribution in [0.25, 0.3) is 0 Å². The number of fused-ring (bicyclic) bond motifs is 1. The van der Waals surface area contributed by atoms with Crippen LogP contribution in [0.15, 0.2) is 69.6 Å². The fraction of sp³-hybridized carbons (Fsp3) is 0.154. The Hall–Kier alpha value is -3.74. The maximum absolute atomic E-state index is 13.8.